The number of hydrogen-bond donors (Lipinski definition) is 2. The summed E-state index contributed by atoms with van der Waals surface area (Å²) in [6.45, 7) is 3.00. The Balaban J connectivity index is 2.68. The van der Waals surface area contributed by atoms with Crippen molar-refractivity contribution in [2.75, 3.05) is 13.6 Å². The maximum absolute atomic E-state index is 12.3. The highest BCUT2D eigenvalue weighted by Crippen LogP contribution is 2.14. The highest BCUT2D eigenvalue weighted by molar-refractivity contribution is 7.89. The zero-order valence-corrected chi connectivity index (χ0v) is 14.1. The molecule has 128 valence electrons. The van der Waals surface area contributed by atoms with E-state index in [2.05, 4.69) is 10.3 Å². The number of pyridine rings is 1. The first-order valence-electron chi connectivity index (χ1n) is 6.94. The van der Waals surface area contributed by atoms with Crippen molar-refractivity contribution in [3.8, 4) is 0 Å². The van der Waals surface area contributed by atoms with Crippen LogP contribution in [-0.4, -0.2) is 53.8 Å². The van der Waals surface area contributed by atoms with Crippen LogP contribution in [0.5, 0.6) is 0 Å². The van der Waals surface area contributed by atoms with Crippen LogP contribution in [0.1, 0.15) is 26.7 Å². The van der Waals surface area contributed by atoms with Gasteiger partial charge in [-0.05, 0) is 32.4 Å². The number of nitrogens with zero attached hydrogens (tertiary/aromatic N) is 2. The minimum absolute atomic E-state index is 0.000405. The van der Waals surface area contributed by atoms with Gasteiger partial charge >= 0.3 is 5.97 Å². The van der Waals surface area contributed by atoms with E-state index < -0.39 is 27.4 Å². The Morgan fingerprint density at radius 1 is 1.39 bits per heavy atom. The van der Waals surface area contributed by atoms with Crippen molar-refractivity contribution in [3.63, 3.8) is 0 Å². The second-order valence-electron chi connectivity index (χ2n) is 5.78. The molecule has 1 amide bonds. The van der Waals surface area contributed by atoms with Crippen molar-refractivity contribution in [2.24, 2.45) is 0 Å². The van der Waals surface area contributed by atoms with E-state index in [-0.39, 0.29) is 24.3 Å². The molecule has 0 aromatic carbocycles. The topological polar surface area (TPSA) is 117 Å². The molecule has 0 saturated heterocycles. The van der Waals surface area contributed by atoms with E-state index in [9.17, 15) is 18.0 Å². The molecule has 8 nitrogen and oxygen atoms in total. The average Bonchev–Trinajstić information content (AvgIpc) is 2.45. The Bertz CT molecular complexity index is 658. The minimum Gasteiger partial charge on any atom is -0.481 e. The van der Waals surface area contributed by atoms with Gasteiger partial charge in [0.15, 0.2) is 0 Å². The molecule has 0 unspecified atom stereocenters. The number of carbonyl (C=O) groups is 2. The molecule has 0 aliphatic heterocycles. The smallest absolute Gasteiger partial charge is 0.303 e. The van der Waals surface area contributed by atoms with Gasteiger partial charge in [0.05, 0.1) is 6.54 Å². The molecule has 9 heteroatoms. The summed E-state index contributed by atoms with van der Waals surface area (Å²) in [5.41, 5.74) is -0.742. The number of amides is 1. The molecule has 23 heavy (non-hydrogen) atoms. The first-order chi connectivity index (χ1) is 10.5. The standard InChI is InChI=1S/C14H21N3O5S/c1-14(2,7-6-13(19)20)16-12(18)10-17(3)23(21,22)11-5-4-8-15-9-11/h4-5,8-9H,6-7,10H2,1-3H3,(H,16,18)(H,19,20). The van der Waals surface area contributed by atoms with Gasteiger partial charge in [0.2, 0.25) is 15.9 Å². The minimum atomic E-state index is -3.80. The zero-order chi connectivity index (χ0) is 17.7. The summed E-state index contributed by atoms with van der Waals surface area (Å²) < 4.78 is 25.5. The van der Waals surface area contributed by atoms with Gasteiger partial charge in [-0.3, -0.25) is 14.6 Å². The third-order valence-electron chi connectivity index (χ3n) is 3.15. The van der Waals surface area contributed by atoms with Crippen LogP contribution in [0.15, 0.2) is 29.4 Å². The number of hydrogen-bond acceptors (Lipinski definition) is 5. The van der Waals surface area contributed by atoms with Gasteiger partial charge in [0.1, 0.15) is 4.90 Å². The molecule has 0 aliphatic rings. The lowest BCUT2D eigenvalue weighted by Crippen LogP contribution is -2.48. The fourth-order valence-electron chi connectivity index (χ4n) is 1.87. The zero-order valence-electron chi connectivity index (χ0n) is 13.3. The number of carboxylic acids is 1. The SMILES string of the molecule is CN(CC(=O)NC(C)(C)CCC(=O)O)S(=O)(=O)c1cccnc1. The number of aromatic nitrogens is 1. The summed E-state index contributed by atoms with van der Waals surface area (Å²) in [6.07, 6.45) is 2.82. The fourth-order valence-corrected chi connectivity index (χ4v) is 2.96. The number of carboxylic acid groups (broad SMARTS) is 1. The Labute approximate surface area is 135 Å². The van der Waals surface area contributed by atoms with Crippen LogP contribution in [0.25, 0.3) is 0 Å². The first kappa shape index (κ1) is 19.0. The van der Waals surface area contributed by atoms with Gasteiger partial charge in [0.25, 0.3) is 0 Å². The molecule has 0 radical (unpaired) electrons. The molecule has 1 rings (SSSR count). The van der Waals surface area contributed by atoms with E-state index >= 15 is 0 Å². The molecular weight excluding hydrogens is 322 g/mol. The summed E-state index contributed by atoms with van der Waals surface area (Å²) in [5, 5.41) is 11.3. The number of nitrogens with one attached hydrogen (secondary N) is 1. The predicted octanol–water partition coefficient (Wildman–Crippen LogP) is 0.462. The van der Waals surface area contributed by atoms with Crippen LogP contribution in [0.4, 0.5) is 0 Å². The molecule has 0 spiro atoms. The third-order valence-corrected chi connectivity index (χ3v) is 4.94. The van der Waals surface area contributed by atoms with Crippen molar-refractivity contribution in [3.05, 3.63) is 24.5 Å². The summed E-state index contributed by atoms with van der Waals surface area (Å²) >= 11 is 0. The van der Waals surface area contributed by atoms with Gasteiger partial charge < -0.3 is 10.4 Å². The fraction of sp³-hybridized carbons (Fsp3) is 0.500. The maximum atomic E-state index is 12.3. The Morgan fingerprint density at radius 3 is 2.57 bits per heavy atom. The summed E-state index contributed by atoms with van der Waals surface area (Å²) in [6, 6.07) is 2.89. The lowest BCUT2D eigenvalue weighted by Gasteiger charge is -2.27. The first-order valence-corrected chi connectivity index (χ1v) is 8.38. The maximum Gasteiger partial charge on any atom is 0.303 e. The van der Waals surface area contributed by atoms with Crippen LogP contribution >= 0.6 is 0 Å². The van der Waals surface area contributed by atoms with Crippen molar-refractivity contribution >= 4 is 21.9 Å². The monoisotopic (exact) mass is 343 g/mol. The Hall–Kier alpha value is -2.00. The van der Waals surface area contributed by atoms with E-state index in [0.717, 1.165) is 4.31 Å². The molecule has 1 heterocycles. The van der Waals surface area contributed by atoms with Crippen LogP contribution in [-0.2, 0) is 19.6 Å². The molecule has 0 fully saturated rings. The molecule has 0 aliphatic carbocycles. The van der Waals surface area contributed by atoms with E-state index in [1.165, 1.54) is 31.6 Å². The van der Waals surface area contributed by atoms with Crippen LogP contribution in [0.2, 0.25) is 0 Å². The largest absolute Gasteiger partial charge is 0.481 e. The van der Waals surface area contributed by atoms with Crippen molar-refractivity contribution in [1.82, 2.24) is 14.6 Å². The van der Waals surface area contributed by atoms with E-state index in [1.807, 2.05) is 0 Å². The summed E-state index contributed by atoms with van der Waals surface area (Å²) in [4.78, 5) is 26.4. The number of rotatable bonds is 8. The third kappa shape index (κ3) is 5.95. The predicted molar refractivity (Wildman–Crippen MR) is 83.1 cm³/mol. The van der Waals surface area contributed by atoms with Gasteiger partial charge in [-0.1, -0.05) is 0 Å². The molecule has 2 N–H and O–H groups in total. The molecule has 0 atom stereocenters. The molecule has 1 aromatic heterocycles. The van der Waals surface area contributed by atoms with Crippen molar-refractivity contribution < 1.29 is 23.1 Å². The van der Waals surface area contributed by atoms with Crippen LogP contribution < -0.4 is 5.32 Å². The normalized spacial score (nSPS) is 12.2. The Kier molecular flexibility index (Phi) is 6.22. The van der Waals surface area contributed by atoms with Crippen LogP contribution in [0, 0.1) is 0 Å². The lowest BCUT2D eigenvalue weighted by molar-refractivity contribution is -0.137. The van der Waals surface area contributed by atoms with Crippen molar-refractivity contribution in [2.45, 2.75) is 37.1 Å². The molecular formula is C14H21N3O5S. The van der Waals surface area contributed by atoms with Gasteiger partial charge in [0, 0.05) is 31.4 Å². The van der Waals surface area contributed by atoms with E-state index in [0.29, 0.717) is 0 Å². The second kappa shape index (κ2) is 7.51. The number of aliphatic carboxylic acids is 1. The van der Waals surface area contributed by atoms with Gasteiger partial charge in [-0.15, -0.1) is 0 Å². The van der Waals surface area contributed by atoms with E-state index in [4.69, 9.17) is 5.11 Å². The summed E-state index contributed by atoms with van der Waals surface area (Å²) in [5.74, 6) is -1.46. The quantitative estimate of drug-likeness (QED) is 0.708. The van der Waals surface area contributed by atoms with Crippen LogP contribution in [0.3, 0.4) is 0 Å². The Morgan fingerprint density at radius 2 is 2.04 bits per heavy atom. The number of sulfonamides is 1. The van der Waals surface area contributed by atoms with Gasteiger partial charge in [-0.25, -0.2) is 8.42 Å². The van der Waals surface area contributed by atoms with Gasteiger partial charge in [-0.2, -0.15) is 4.31 Å². The molecule has 1 aromatic rings. The second-order valence-corrected chi connectivity index (χ2v) is 7.82. The summed E-state index contributed by atoms with van der Waals surface area (Å²) in [7, 11) is -2.50. The van der Waals surface area contributed by atoms with E-state index in [1.54, 1.807) is 13.8 Å². The average molecular weight is 343 g/mol. The lowest BCUT2D eigenvalue weighted by atomic mass is 9.98. The highest BCUT2D eigenvalue weighted by atomic mass is 32.2. The number of likely N-dealkylation sites (N-methyl/N-ethyl adjacent to an activating group) is 1. The molecule has 0 saturated carbocycles. The van der Waals surface area contributed by atoms with Crippen molar-refractivity contribution in [1.29, 1.82) is 0 Å². The number of carbonyl (C=O) groups excluding carboxylic acids is 1. The molecule has 0 bridgehead atoms. The highest BCUT2D eigenvalue weighted by Gasteiger charge is 2.26.